The summed E-state index contributed by atoms with van der Waals surface area (Å²) in [5.74, 6) is 0.649. The van der Waals surface area contributed by atoms with Gasteiger partial charge in [-0.25, -0.2) is 0 Å². The quantitative estimate of drug-likeness (QED) is 0.768. The van der Waals surface area contributed by atoms with Gasteiger partial charge in [-0.05, 0) is 48.9 Å². The number of anilines is 1. The van der Waals surface area contributed by atoms with Crippen LogP contribution in [0.3, 0.4) is 0 Å². The van der Waals surface area contributed by atoms with Crippen LogP contribution in [-0.2, 0) is 17.8 Å². The van der Waals surface area contributed by atoms with Gasteiger partial charge in [0.15, 0.2) is 0 Å². The Labute approximate surface area is 172 Å². The number of carbonyl (C=O) groups excluding carboxylic acids is 1. The van der Waals surface area contributed by atoms with Gasteiger partial charge in [0.1, 0.15) is 5.75 Å². The Morgan fingerprint density at radius 1 is 1.11 bits per heavy atom. The number of benzene rings is 2. The standard InChI is InChI=1S/C22H28ClN3O2/c1-25-10-12-26(13-11-25)16-18-4-3-5-19(14-18)24-22(27)9-7-17-6-8-21(28-2)20(23)15-17/h3-6,8,14-15H,7,9-13,16H2,1-2H3,(H,24,27). The number of rotatable bonds is 7. The van der Waals surface area contributed by atoms with Crippen molar-refractivity contribution in [3.05, 3.63) is 58.6 Å². The Hall–Kier alpha value is -2.08. The first-order valence-electron chi connectivity index (χ1n) is 9.65. The van der Waals surface area contributed by atoms with Crippen LogP contribution in [0.2, 0.25) is 5.02 Å². The van der Waals surface area contributed by atoms with E-state index in [4.69, 9.17) is 16.3 Å². The second kappa shape index (κ2) is 9.92. The molecule has 1 saturated heterocycles. The number of aryl methyl sites for hydroxylation is 1. The summed E-state index contributed by atoms with van der Waals surface area (Å²) in [6.07, 6.45) is 1.04. The Kier molecular flexibility index (Phi) is 7.31. The van der Waals surface area contributed by atoms with Crippen molar-refractivity contribution in [2.24, 2.45) is 0 Å². The van der Waals surface area contributed by atoms with Crippen LogP contribution in [-0.4, -0.2) is 56.0 Å². The van der Waals surface area contributed by atoms with Gasteiger partial charge >= 0.3 is 0 Å². The van der Waals surface area contributed by atoms with E-state index in [2.05, 4.69) is 34.3 Å². The molecule has 1 amide bonds. The minimum absolute atomic E-state index is 0.00341. The van der Waals surface area contributed by atoms with Crippen LogP contribution in [0.25, 0.3) is 0 Å². The molecule has 2 aromatic rings. The molecule has 1 fully saturated rings. The van der Waals surface area contributed by atoms with E-state index in [1.807, 2.05) is 30.3 Å². The van der Waals surface area contributed by atoms with Gasteiger partial charge in [-0.3, -0.25) is 9.69 Å². The number of ether oxygens (including phenoxy) is 1. The minimum atomic E-state index is 0.00341. The number of nitrogens with one attached hydrogen (secondary N) is 1. The largest absolute Gasteiger partial charge is 0.495 e. The molecule has 1 aliphatic rings. The van der Waals surface area contributed by atoms with Crippen LogP contribution in [0.5, 0.6) is 5.75 Å². The maximum atomic E-state index is 12.3. The molecular weight excluding hydrogens is 374 g/mol. The summed E-state index contributed by atoms with van der Waals surface area (Å²) < 4.78 is 5.16. The lowest BCUT2D eigenvalue weighted by molar-refractivity contribution is -0.116. The van der Waals surface area contributed by atoms with Gasteiger partial charge in [-0.15, -0.1) is 0 Å². The van der Waals surface area contributed by atoms with Crippen LogP contribution in [0, 0.1) is 0 Å². The maximum absolute atomic E-state index is 12.3. The number of methoxy groups -OCH3 is 1. The molecule has 1 N–H and O–H groups in total. The van der Waals surface area contributed by atoms with Gasteiger partial charge in [0.2, 0.25) is 5.91 Å². The third kappa shape index (κ3) is 5.96. The molecule has 0 atom stereocenters. The normalized spacial score (nSPS) is 15.4. The average molecular weight is 402 g/mol. The Bertz CT molecular complexity index is 804. The number of halogens is 1. The van der Waals surface area contributed by atoms with Gasteiger partial charge in [-0.2, -0.15) is 0 Å². The lowest BCUT2D eigenvalue weighted by Crippen LogP contribution is -2.43. The van der Waals surface area contributed by atoms with Crippen molar-refractivity contribution in [1.82, 2.24) is 9.80 Å². The predicted octanol–water partition coefficient (Wildman–Crippen LogP) is 3.67. The molecule has 0 aromatic heterocycles. The third-order valence-corrected chi connectivity index (χ3v) is 5.37. The van der Waals surface area contributed by atoms with Crippen molar-refractivity contribution in [3.63, 3.8) is 0 Å². The molecule has 6 heteroatoms. The van der Waals surface area contributed by atoms with Gasteiger partial charge in [0.05, 0.1) is 12.1 Å². The summed E-state index contributed by atoms with van der Waals surface area (Å²) in [4.78, 5) is 17.1. The molecule has 28 heavy (non-hydrogen) atoms. The van der Waals surface area contributed by atoms with E-state index in [1.54, 1.807) is 7.11 Å². The SMILES string of the molecule is COc1ccc(CCC(=O)Nc2cccc(CN3CCN(C)CC3)c2)cc1Cl. The van der Waals surface area contributed by atoms with Crippen molar-refractivity contribution < 1.29 is 9.53 Å². The molecule has 5 nitrogen and oxygen atoms in total. The predicted molar refractivity (Wildman–Crippen MR) is 114 cm³/mol. The Morgan fingerprint density at radius 2 is 1.89 bits per heavy atom. The highest BCUT2D eigenvalue weighted by Gasteiger charge is 2.14. The van der Waals surface area contributed by atoms with Crippen LogP contribution < -0.4 is 10.1 Å². The van der Waals surface area contributed by atoms with Gasteiger partial charge in [0, 0.05) is 44.8 Å². The summed E-state index contributed by atoms with van der Waals surface area (Å²) in [7, 11) is 3.75. The zero-order valence-electron chi connectivity index (χ0n) is 16.6. The number of amides is 1. The van der Waals surface area contributed by atoms with E-state index >= 15 is 0 Å². The first-order valence-corrected chi connectivity index (χ1v) is 10.0. The molecule has 0 spiro atoms. The Morgan fingerprint density at radius 3 is 2.61 bits per heavy atom. The average Bonchev–Trinajstić information content (AvgIpc) is 2.68. The van der Waals surface area contributed by atoms with Crippen molar-refractivity contribution >= 4 is 23.2 Å². The summed E-state index contributed by atoms with van der Waals surface area (Å²) in [6, 6.07) is 13.8. The summed E-state index contributed by atoms with van der Waals surface area (Å²) in [5.41, 5.74) is 3.10. The van der Waals surface area contributed by atoms with Crippen molar-refractivity contribution in [3.8, 4) is 5.75 Å². The zero-order valence-corrected chi connectivity index (χ0v) is 17.3. The fraction of sp³-hybridized carbons (Fsp3) is 0.409. The van der Waals surface area contributed by atoms with Crippen molar-refractivity contribution in [2.45, 2.75) is 19.4 Å². The zero-order chi connectivity index (χ0) is 19.9. The van der Waals surface area contributed by atoms with Gasteiger partial charge < -0.3 is 15.0 Å². The highest BCUT2D eigenvalue weighted by atomic mass is 35.5. The van der Waals surface area contributed by atoms with Crippen LogP contribution in [0.15, 0.2) is 42.5 Å². The Balaban J connectivity index is 1.50. The lowest BCUT2D eigenvalue weighted by Gasteiger charge is -2.32. The highest BCUT2D eigenvalue weighted by Crippen LogP contribution is 2.25. The number of nitrogens with zero attached hydrogens (tertiary/aromatic N) is 2. The molecule has 0 saturated carbocycles. The molecule has 0 radical (unpaired) electrons. The number of piperazine rings is 1. The topological polar surface area (TPSA) is 44.8 Å². The molecule has 2 aromatic carbocycles. The monoisotopic (exact) mass is 401 g/mol. The number of hydrogen-bond donors (Lipinski definition) is 1. The van der Waals surface area contributed by atoms with Crippen LogP contribution in [0.1, 0.15) is 17.5 Å². The molecule has 1 aliphatic heterocycles. The molecule has 0 unspecified atom stereocenters. The highest BCUT2D eigenvalue weighted by molar-refractivity contribution is 6.32. The molecule has 150 valence electrons. The van der Waals surface area contributed by atoms with Crippen LogP contribution in [0.4, 0.5) is 5.69 Å². The van der Waals surface area contributed by atoms with E-state index in [0.717, 1.165) is 44.0 Å². The minimum Gasteiger partial charge on any atom is -0.495 e. The number of likely N-dealkylation sites (N-methyl/N-ethyl adjacent to an activating group) is 1. The van der Waals surface area contributed by atoms with Crippen molar-refractivity contribution in [1.29, 1.82) is 0 Å². The second-order valence-corrected chi connectivity index (χ2v) is 7.70. The van der Waals surface area contributed by atoms with Gasteiger partial charge in [0.25, 0.3) is 0 Å². The lowest BCUT2D eigenvalue weighted by atomic mass is 10.1. The first kappa shape index (κ1) is 20.6. The van der Waals surface area contributed by atoms with E-state index in [9.17, 15) is 4.79 Å². The molecule has 1 heterocycles. The fourth-order valence-electron chi connectivity index (χ4n) is 3.36. The van der Waals surface area contributed by atoms with Crippen LogP contribution >= 0.6 is 11.6 Å². The third-order valence-electron chi connectivity index (χ3n) is 5.07. The van der Waals surface area contributed by atoms with E-state index < -0.39 is 0 Å². The first-order chi connectivity index (χ1) is 13.5. The summed E-state index contributed by atoms with van der Waals surface area (Å²) in [6.45, 7) is 5.29. The second-order valence-electron chi connectivity index (χ2n) is 7.30. The number of hydrogen-bond acceptors (Lipinski definition) is 4. The van der Waals surface area contributed by atoms with E-state index in [-0.39, 0.29) is 5.91 Å². The smallest absolute Gasteiger partial charge is 0.224 e. The molecule has 3 rings (SSSR count). The fourth-order valence-corrected chi connectivity index (χ4v) is 3.64. The summed E-state index contributed by atoms with van der Waals surface area (Å²) >= 11 is 6.15. The van der Waals surface area contributed by atoms with Crippen molar-refractivity contribution in [2.75, 3.05) is 45.7 Å². The summed E-state index contributed by atoms with van der Waals surface area (Å²) in [5, 5.41) is 3.58. The number of carbonyl (C=O) groups is 1. The van der Waals surface area contributed by atoms with Gasteiger partial charge in [-0.1, -0.05) is 29.8 Å². The molecular formula is C22H28ClN3O2. The van der Waals surface area contributed by atoms with E-state index in [0.29, 0.717) is 23.6 Å². The molecule has 0 bridgehead atoms. The molecule has 0 aliphatic carbocycles. The van der Waals surface area contributed by atoms with E-state index in [1.165, 1.54) is 5.56 Å². The maximum Gasteiger partial charge on any atom is 0.224 e.